The molecule has 17 heavy (non-hydrogen) atoms. The Hall–Kier alpha value is -1.80. The molecular formula is C15H16O2. The molecule has 0 unspecified atom stereocenters. The highest BCUT2D eigenvalue weighted by Gasteiger charge is 2.03. The maximum atomic E-state index is 8.97. The monoisotopic (exact) mass is 228 g/mol. The summed E-state index contributed by atoms with van der Waals surface area (Å²) in [5, 5.41) is 8.97. The molecule has 1 heterocycles. The number of furan rings is 1. The minimum absolute atomic E-state index is 0.0709. The van der Waals surface area contributed by atoms with Gasteiger partial charge in [-0.3, -0.25) is 0 Å². The predicted molar refractivity (Wildman–Crippen MR) is 69.4 cm³/mol. The highest BCUT2D eigenvalue weighted by molar-refractivity contribution is 5.60. The summed E-state index contributed by atoms with van der Waals surface area (Å²) in [5.41, 5.74) is 3.14. The Balaban J connectivity index is 2.27. The number of benzene rings is 1. The van der Waals surface area contributed by atoms with Gasteiger partial charge in [-0.05, 0) is 37.6 Å². The zero-order valence-corrected chi connectivity index (χ0v) is 10.1. The Morgan fingerprint density at radius 3 is 2.41 bits per heavy atom. The summed E-state index contributed by atoms with van der Waals surface area (Å²) in [4.78, 5) is 0. The Kier molecular flexibility index (Phi) is 3.45. The molecule has 0 aliphatic carbocycles. The van der Waals surface area contributed by atoms with Crippen molar-refractivity contribution in [2.24, 2.45) is 0 Å². The topological polar surface area (TPSA) is 33.4 Å². The summed E-state index contributed by atoms with van der Waals surface area (Å²) in [5.74, 6) is 1.72. The quantitative estimate of drug-likeness (QED) is 0.865. The molecule has 2 nitrogen and oxygen atoms in total. The number of aliphatic hydroxyl groups excluding tert-OH is 1. The zero-order chi connectivity index (χ0) is 12.3. The van der Waals surface area contributed by atoms with Crippen LogP contribution in [0, 0.1) is 0 Å². The Bertz CT molecular complexity index is 514. The van der Waals surface area contributed by atoms with Crippen LogP contribution in [0.2, 0.25) is 0 Å². The molecule has 0 atom stereocenters. The van der Waals surface area contributed by atoms with E-state index in [-0.39, 0.29) is 6.61 Å². The summed E-state index contributed by atoms with van der Waals surface area (Å²) in [6.07, 6.45) is 2.01. The molecule has 0 radical (unpaired) electrons. The van der Waals surface area contributed by atoms with Gasteiger partial charge in [-0.25, -0.2) is 0 Å². The van der Waals surface area contributed by atoms with Crippen molar-refractivity contribution in [1.82, 2.24) is 0 Å². The van der Waals surface area contributed by atoms with Gasteiger partial charge in [0.15, 0.2) is 0 Å². The summed E-state index contributed by atoms with van der Waals surface area (Å²) in [6, 6.07) is 11.6. The second kappa shape index (κ2) is 5.02. The van der Waals surface area contributed by atoms with E-state index in [1.165, 1.54) is 5.57 Å². The highest BCUT2D eigenvalue weighted by Crippen LogP contribution is 2.23. The van der Waals surface area contributed by atoms with Crippen molar-refractivity contribution in [2.45, 2.75) is 20.5 Å². The number of hydrogen-bond acceptors (Lipinski definition) is 2. The maximum absolute atomic E-state index is 8.97. The lowest BCUT2D eigenvalue weighted by atomic mass is 10.1. The van der Waals surface area contributed by atoms with E-state index in [1.807, 2.05) is 56.3 Å². The average molecular weight is 228 g/mol. The van der Waals surface area contributed by atoms with Gasteiger partial charge in [0, 0.05) is 5.56 Å². The maximum Gasteiger partial charge on any atom is 0.134 e. The Morgan fingerprint density at radius 1 is 1.12 bits per heavy atom. The first-order valence-corrected chi connectivity index (χ1v) is 5.64. The normalized spacial score (nSPS) is 10.3. The van der Waals surface area contributed by atoms with Crippen LogP contribution in [0.15, 0.2) is 46.4 Å². The molecule has 0 aliphatic heterocycles. The van der Waals surface area contributed by atoms with Crippen LogP contribution in [0.3, 0.4) is 0 Å². The van der Waals surface area contributed by atoms with Gasteiger partial charge < -0.3 is 9.52 Å². The van der Waals surface area contributed by atoms with Gasteiger partial charge in [-0.15, -0.1) is 0 Å². The molecule has 2 heteroatoms. The third kappa shape index (κ3) is 2.86. The SMILES string of the molecule is CC(C)=Cc1ccc(-c2ccc(CO)cc2)o1. The summed E-state index contributed by atoms with van der Waals surface area (Å²) < 4.78 is 5.72. The van der Waals surface area contributed by atoms with Crippen molar-refractivity contribution >= 4 is 6.08 Å². The predicted octanol–water partition coefficient (Wildman–Crippen LogP) is 3.86. The lowest BCUT2D eigenvalue weighted by Gasteiger charge is -1.99. The van der Waals surface area contributed by atoms with Crippen molar-refractivity contribution in [3.8, 4) is 11.3 Å². The van der Waals surface area contributed by atoms with E-state index >= 15 is 0 Å². The van der Waals surface area contributed by atoms with Crippen molar-refractivity contribution in [3.63, 3.8) is 0 Å². The molecule has 88 valence electrons. The van der Waals surface area contributed by atoms with Gasteiger partial charge in [0.05, 0.1) is 6.61 Å². The van der Waals surface area contributed by atoms with Crippen molar-refractivity contribution < 1.29 is 9.52 Å². The van der Waals surface area contributed by atoms with E-state index in [2.05, 4.69) is 0 Å². The molecule has 0 amide bonds. The molecule has 1 N–H and O–H groups in total. The van der Waals surface area contributed by atoms with E-state index in [1.54, 1.807) is 0 Å². The van der Waals surface area contributed by atoms with Crippen LogP contribution in [-0.4, -0.2) is 5.11 Å². The summed E-state index contributed by atoms with van der Waals surface area (Å²) in [6.45, 7) is 4.15. The number of hydrogen-bond donors (Lipinski definition) is 1. The van der Waals surface area contributed by atoms with Crippen LogP contribution >= 0.6 is 0 Å². The molecule has 0 saturated carbocycles. The number of aliphatic hydroxyl groups is 1. The van der Waals surface area contributed by atoms with Crippen LogP contribution < -0.4 is 0 Å². The van der Waals surface area contributed by atoms with E-state index in [0.717, 1.165) is 22.6 Å². The molecule has 1 aromatic carbocycles. The van der Waals surface area contributed by atoms with Crippen LogP contribution in [0.5, 0.6) is 0 Å². The lowest BCUT2D eigenvalue weighted by Crippen LogP contribution is -1.81. The van der Waals surface area contributed by atoms with Gasteiger partial charge in [0.1, 0.15) is 11.5 Å². The van der Waals surface area contributed by atoms with E-state index in [4.69, 9.17) is 9.52 Å². The van der Waals surface area contributed by atoms with Crippen molar-refractivity contribution in [2.75, 3.05) is 0 Å². The third-order valence-electron chi connectivity index (χ3n) is 2.48. The number of allylic oxidation sites excluding steroid dienone is 1. The largest absolute Gasteiger partial charge is 0.457 e. The first kappa shape index (κ1) is 11.7. The summed E-state index contributed by atoms with van der Waals surface area (Å²) in [7, 11) is 0. The molecule has 2 aromatic rings. The molecule has 0 spiro atoms. The Labute approximate surface area is 101 Å². The molecule has 0 saturated heterocycles. The third-order valence-corrected chi connectivity index (χ3v) is 2.48. The standard InChI is InChI=1S/C15H16O2/c1-11(2)9-14-7-8-15(17-14)13-5-3-12(10-16)4-6-13/h3-9,16H,10H2,1-2H3. The van der Waals surface area contributed by atoms with Gasteiger partial charge in [0.2, 0.25) is 0 Å². The first-order chi connectivity index (χ1) is 8.19. The molecule has 1 aromatic heterocycles. The second-order valence-electron chi connectivity index (χ2n) is 4.28. The minimum atomic E-state index is 0.0709. The second-order valence-corrected chi connectivity index (χ2v) is 4.28. The Morgan fingerprint density at radius 2 is 1.82 bits per heavy atom. The molecule has 2 rings (SSSR count). The zero-order valence-electron chi connectivity index (χ0n) is 10.1. The first-order valence-electron chi connectivity index (χ1n) is 5.64. The van der Waals surface area contributed by atoms with Crippen LogP contribution in [0.25, 0.3) is 17.4 Å². The summed E-state index contributed by atoms with van der Waals surface area (Å²) >= 11 is 0. The van der Waals surface area contributed by atoms with E-state index < -0.39 is 0 Å². The van der Waals surface area contributed by atoms with Gasteiger partial charge >= 0.3 is 0 Å². The highest BCUT2D eigenvalue weighted by atomic mass is 16.3. The van der Waals surface area contributed by atoms with Crippen LogP contribution in [-0.2, 0) is 6.61 Å². The molecular weight excluding hydrogens is 212 g/mol. The van der Waals surface area contributed by atoms with Gasteiger partial charge in [-0.1, -0.05) is 29.8 Å². The van der Waals surface area contributed by atoms with Crippen LogP contribution in [0.4, 0.5) is 0 Å². The van der Waals surface area contributed by atoms with E-state index in [9.17, 15) is 0 Å². The fourth-order valence-corrected chi connectivity index (χ4v) is 1.64. The van der Waals surface area contributed by atoms with Crippen molar-refractivity contribution in [1.29, 1.82) is 0 Å². The molecule has 0 fully saturated rings. The van der Waals surface area contributed by atoms with Gasteiger partial charge in [-0.2, -0.15) is 0 Å². The smallest absolute Gasteiger partial charge is 0.134 e. The van der Waals surface area contributed by atoms with Crippen molar-refractivity contribution in [3.05, 3.63) is 53.3 Å². The molecule has 0 bridgehead atoms. The van der Waals surface area contributed by atoms with Crippen LogP contribution in [0.1, 0.15) is 25.2 Å². The lowest BCUT2D eigenvalue weighted by molar-refractivity contribution is 0.282. The van der Waals surface area contributed by atoms with Gasteiger partial charge in [0.25, 0.3) is 0 Å². The average Bonchev–Trinajstić information content (AvgIpc) is 2.77. The minimum Gasteiger partial charge on any atom is -0.457 e. The van der Waals surface area contributed by atoms with E-state index in [0.29, 0.717) is 0 Å². The molecule has 0 aliphatic rings. The fraction of sp³-hybridized carbons (Fsp3) is 0.200. The fourth-order valence-electron chi connectivity index (χ4n) is 1.64. The number of rotatable bonds is 3.